The molecule has 0 saturated heterocycles. The highest BCUT2D eigenvalue weighted by atomic mass is 32.2. The molecule has 1 aromatic heterocycles. The van der Waals surface area contributed by atoms with Crippen LogP contribution in [0.2, 0.25) is 0 Å². The van der Waals surface area contributed by atoms with Gasteiger partial charge in [-0.3, -0.25) is 14.8 Å². The van der Waals surface area contributed by atoms with E-state index in [1.54, 1.807) is 24.3 Å². The highest BCUT2D eigenvalue weighted by molar-refractivity contribution is 7.99. The minimum atomic E-state index is -3.86. The van der Waals surface area contributed by atoms with Crippen molar-refractivity contribution in [2.75, 3.05) is 24.1 Å². The number of methoxy groups -OCH3 is 1. The average Bonchev–Trinajstić information content (AvgIpc) is 3.19. The molecule has 0 aliphatic heterocycles. The first-order valence-corrected chi connectivity index (χ1v) is 11.7. The van der Waals surface area contributed by atoms with Crippen LogP contribution in [0.25, 0.3) is 11.1 Å². The summed E-state index contributed by atoms with van der Waals surface area (Å²) in [4.78, 5) is 27.5. The number of nitrogens with zero attached hydrogens (tertiary/aromatic N) is 1. The first-order chi connectivity index (χ1) is 15.3. The minimum absolute atomic E-state index is 0.00213. The second-order valence-electron chi connectivity index (χ2n) is 6.28. The third-order valence-corrected chi connectivity index (χ3v) is 6.19. The molecule has 12 heteroatoms. The largest absolute Gasteiger partial charge is 0.497 e. The quantitative estimate of drug-likeness (QED) is 0.316. The van der Waals surface area contributed by atoms with E-state index in [1.165, 1.54) is 31.4 Å². The van der Waals surface area contributed by atoms with Crippen LogP contribution in [0.4, 0.5) is 10.5 Å². The van der Waals surface area contributed by atoms with Crippen molar-refractivity contribution in [3.8, 4) is 5.75 Å². The summed E-state index contributed by atoms with van der Waals surface area (Å²) in [6.45, 7) is 3.69. The van der Waals surface area contributed by atoms with Gasteiger partial charge in [-0.2, -0.15) is 0 Å². The van der Waals surface area contributed by atoms with E-state index in [1.807, 2.05) is 0 Å². The van der Waals surface area contributed by atoms with E-state index in [2.05, 4.69) is 26.9 Å². The second-order valence-corrected chi connectivity index (χ2v) is 8.89. The number of benzene rings is 2. The third-order valence-electron chi connectivity index (χ3n) is 3.98. The Kier molecular flexibility index (Phi) is 7.38. The van der Waals surface area contributed by atoms with Crippen LogP contribution in [0, 0.1) is 0 Å². The van der Waals surface area contributed by atoms with Gasteiger partial charge in [0.15, 0.2) is 5.58 Å². The number of nitrogens with one attached hydrogen (secondary N) is 3. The van der Waals surface area contributed by atoms with E-state index in [4.69, 9.17) is 9.15 Å². The van der Waals surface area contributed by atoms with Crippen molar-refractivity contribution in [1.29, 1.82) is 0 Å². The summed E-state index contributed by atoms with van der Waals surface area (Å²) >= 11 is 0.973. The van der Waals surface area contributed by atoms with Gasteiger partial charge in [-0.1, -0.05) is 17.8 Å². The van der Waals surface area contributed by atoms with Crippen molar-refractivity contribution in [2.24, 2.45) is 0 Å². The Morgan fingerprint density at radius 3 is 2.66 bits per heavy atom. The second kappa shape index (κ2) is 10.2. The first-order valence-electron chi connectivity index (χ1n) is 9.19. The highest BCUT2D eigenvalue weighted by Crippen LogP contribution is 2.26. The lowest BCUT2D eigenvalue weighted by Crippen LogP contribution is -2.40. The zero-order chi connectivity index (χ0) is 23.1. The van der Waals surface area contributed by atoms with E-state index in [-0.39, 0.29) is 22.4 Å². The molecular weight excluding hydrogens is 456 g/mol. The smallest absolute Gasteiger partial charge is 0.321 e. The molecule has 0 aliphatic rings. The van der Waals surface area contributed by atoms with E-state index in [9.17, 15) is 18.0 Å². The molecule has 0 radical (unpaired) electrons. The molecule has 3 aromatic rings. The number of thioether (sulfide) groups is 1. The van der Waals surface area contributed by atoms with E-state index >= 15 is 0 Å². The van der Waals surface area contributed by atoms with Crippen LogP contribution in [0.15, 0.2) is 69.7 Å². The van der Waals surface area contributed by atoms with Crippen LogP contribution < -0.4 is 20.1 Å². The maximum atomic E-state index is 12.7. The van der Waals surface area contributed by atoms with Gasteiger partial charge in [-0.05, 0) is 42.5 Å². The molecule has 0 fully saturated rings. The van der Waals surface area contributed by atoms with Crippen molar-refractivity contribution in [1.82, 2.24) is 15.6 Å². The first kappa shape index (κ1) is 23.2. The topological polar surface area (TPSA) is 140 Å². The monoisotopic (exact) mass is 476 g/mol. The number of aromatic nitrogens is 1. The van der Waals surface area contributed by atoms with Gasteiger partial charge in [0, 0.05) is 12.2 Å². The number of oxazole rings is 1. The number of imide groups is 1. The third kappa shape index (κ3) is 6.02. The zero-order valence-electron chi connectivity index (χ0n) is 17.0. The number of carbonyl (C=O) groups excluding carboxylic acids is 2. The molecule has 0 spiro atoms. The molecular formula is C20H20N4O6S2. The summed E-state index contributed by atoms with van der Waals surface area (Å²) in [5.41, 5.74) is 1.06. The molecule has 168 valence electrons. The Hall–Kier alpha value is -3.51. The van der Waals surface area contributed by atoms with Gasteiger partial charge < -0.3 is 14.5 Å². The van der Waals surface area contributed by atoms with Gasteiger partial charge in [0.1, 0.15) is 11.3 Å². The number of amides is 3. The Balaban J connectivity index is 1.66. The number of anilines is 1. The fourth-order valence-electron chi connectivity index (χ4n) is 2.49. The van der Waals surface area contributed by atoms with E-state index < -0.39 is 22.0 Å². The number of fused-ring (bicyclic) bond motifs is 1. The standard InChI is InChI=1S/C20H20N4O6S2/c1-3-10-21-19(26)23-18(25)12-31-20-22-16-11-15(8-9-17(16)30-20)32(27,28)24-13-4-6-14(29-2)7-5-13/h3-9,11,24H,1,10,12H2,2H3,(H2,21,23,25,26). The number of carbonyl (C=O) groups is 2. The van der Waals surface area contributed by atoms with Crippen molar-refractivity contribution < 1.29 is 27.2 Å². The molecule has 0 atom stereocenters. The summed E-state index contributed by atoms with van der Waals surface area (Å²) < 4.78 is 38.5. The van der Waals surface area contributed by atoms with Crippen LogP contribution >= 0.6 is 11.8 Å². The van der Waals surface area contributed by atoms with Crippen LogP contribution in [0.5, 0.6) is 5.75 Å². The van der Waals surface area contributed by atoms with Crippen molar-refractivity contribution in [2.45, 2.75) is 10.1 Å². The summed E-state index contributed by atoms with van der Waals surface area (Å²) in [7, 11) is -2.34. The Morgan fingerprint density at radius 1 is 1.22 bits per heavy atom. The van der Waals surface area contributed by atoms with Gasteiger partial charge in [0.25, 0.3) is 15.2 Å². The number of rotatable bonds is 9. The number of sulfonamides is 1. The Labute approximate surface area is 188 Å². The van der Waals surface area contributed by atoms with Crippen LogP contribution in [0.3, 0.4) is 0 Å². The average molecular weight is 477 g/mol. The number of ether oxygens (including phenoxy) is 1. The SMILES string of the molecule is C=CCNC(=O)NC(=O)CSc1nc2cc(S(=O)(=O)Nc3ccc(OC)cc3)ccc2o1. The molecule has 0 unspecified atom stereocenters. The van der Waals surface area contributed by atoms with Crippen molar-refractivity contribution in [3.63, 3.8) is 0 Å². The van der Waals surface area contributed by atoms with Gasteiger partial charge in [0.2, 0.25) is 5.91 Å². The van der Waals surface area contributed by atoms with Gasteiger partial charge in [-0.15, -0.1) is 6.58 Å². The Bertz CT molecular complexity index is 1240. The molecule has 32 heavy (non-hydrogen) atoms. The van der Waals surface area contributed by atoms with Crippen LogP contribution in [0.1, 0.15) is 0 Å². The molecule has 0 bridgehead atoms. The lowest BCUT2D eigenvalue weighted by Gasteiger charge is -2.08. The molecule has 3 rings (SSSR count). The number of hydrogen-bond acceptors (Lipinski definition) is 8. The maximum Gasteiger partial charge on any atom is 0.321 e. The van der Waals surface area contributed by atoms with Gasteiger partial charge in [0.05, 0.1) is 17.8 Å². The fourth-order valence-corrected chi connectivity index (χ4v) is 4.20. The molecule has 2 aromatic carbocycles. The summed E-state index contributed by atoms with van der Waals surface area (Å²) in [5, 5.41) is 4.74. The molecule has 1 heterocycles. The lowest BCUT2D eigenvalue weighted by molar-refractivity contribution is -0.117. The van der Waals surface area contributed by atoms with Gasteiger partial charge in [-0.25, -0.2) is 18.2 Å². The summed E-state index contributed by atoms with van der Waals surface area (Å²) in [5.74, 6) is -0.0442. The predicted molar refractivity (Wildman–Crippen MR) is 120 cm³/mol. The van der Waals surface area contributed by atoms with Crippen LogP contribution in [-0.2, 0) is 14.8 Å². The minimum Gasteiger partial charge on any atom is -0.497 e. The molecule has 0 aliphatic carbocycles. The number of hydrogen-bond donors (Lipinski definition) is 3. The predicted octanol–water partition coefficient (Wildman–Crippen LogP) is 2.74. The van der Waals surface area contributed by atoms with Crippen LogP contribution in [-0.4, -0.2) is 44.7 Å². The fraction of sp³-hybridized carbons (Fsp3) is 0.150. The maximum absolute atomic E-state index is 12.7. The Morgan fingerprint density at radius 2 is 1.97 bits per heavy atom. The van der Waals surface area contributed by atoms with E-state index in [0.29, 0.717) is 22.5 Å². The molecule has 0 saturated carbocycles. The van der Waals surface area contributed by atoms with Crippen molar-refractivity contribution >= 4 is 50.5 Å². The molecule has 3 N–H and O–H groups in total. The van der Waals surface area contributed by atoms with Gasteiger partial charge >= 0.3 is 6.03 Å². The van der Waals surface area contributed by atoms with E-state index in [0.717, 1.165) is 11.8 Å². The summed E-state index contributed by atoms with van der Waals surface area (Å²) in [6.07, 6.45) is 1.48. The summed E-state index contributed by atoms with van der Waals surface area (Å²) in [6, 6.07) is 10.1. The molecule has 10 nitrogen and oxygen atoms in total. The molecule has 3 amide bonds. The lowest BCUT2D eigenvalue weighted by atomic mass is 10.3. The number of urea groups is 1. The highest BCUT2D eigenvalue weighted by Gasteiger charge is 2.18. The zero-order valence-corrected chi connectivity index (χ0v) is 18.6. The van der Waals surface area contributed by atoms with Crippen molar-refractivity contribution in [3.05, 3.63) is 55.1 Å². The normalized spacial score (nSPS) is 11.0.